The zero-order valence-electron chi connectivity index (χ0n) is 16.9. The van der Waals surface area contributed by atoms with Crippen LogP contribution in [-0.4, -0.2) is 36.0 Å². The molecule has 2 aromatic rings. The Kier molecular flexibility index (Phi) is 8.69. The van der Waals surface area contributed by atoms with Gasteiger partial charge < -0.3 is 15.0 Å². The van der Waals surface area contributed by atoms with Gasteiger partial charge in [-0.15, -0.1) is 0 Å². The van der Waals surface area contributed by atoms with E-state index in [-0.39, 0.29) is 17.9 Å². The molecule has 150 valence electrons. The topological polar surface area (TPSA) is 58.6 Å². The highest BCUT2D eigenvalue weighted by atomic mass is 16.5. The number of carbonyl (C=O) groups is 2. The molecule has 0 spiro atoms. The summed E-state index contributed by atoms with van der Waals surface area (Å²) in [5, 5.41) is 2.96. The summed E-state index contributed by atoms with van der Waals surface area (Å²) in [5.41, 5.74) is 1.78. The average molecular weight is 383 g/mol. The molecule has 0 aliphatic rings. The molecule has 5 nitrogen and oxygen atoms in total. The van der Waals surface area contributed by atoms with Crippen LogP contribution in [0.4, 0.5) is 0 Å². The first-order chi connectivity index (χ1) is 13.5. The SMILES string of the molecule is CC(=O)N(Cc1ccccc1)[C@H](C(=O)NCCCOC(C)C)c1ccccc1. The Morgan fingerprint density at radius 3 is 2.18 bits per heavy atom. The highest BCUT2D eigenvalue weighted by Gasteiger charge is 2.29. The molecule has 0 aliphatic carbocycles. The summed E-state index contributed by atoms with van der Waals surface area (Å²) in [4.78, 5) is 27.1. The van der Waals surface area contributed by atoms with E-state index in [0.717, 1.165) is 17.5 Å². The van der Waals surface area contributed by atoms with Crippen LogP contribution in [0, 0.1) is 0 Å². The van der Waals surface area contributed by atoms with Crippen molar-refractivity contribution in [3.8, 4) is 0 Å². The fourth-order valence-electron chi connectivity index (χ4n) is 2.97. The molecule has 5 heteroatoms. The molecule has 0 aromatic heterocycles. The molecule has 0 aliphatic heterocycles. The summed E-state index contributed by atoms with van der Waals surface area (Å²) in [5.74, 6) is -0.321. The molecular formula is C23H30N2O3. The Morgan fingerprint density at radius 2 is 1.61 bits per heavy atom. The number of amides is 2. The Labute approximate surface area is 167 Å². The third-order valence-corrected chi connectivity index (χ3v) is 4.35. The molecule has 0 bridgehead atoms. The molecule has 0 saturated heterocycles. The van der Waals surface area contributed by atoms with Gasteiger partial charge in [0, 0.05) is 26.6 Å². The summed E-state index contributed by atoms with van der Waals surface area (Å²) < 4.78 is 5.52. The summed E-state index contributed by atoms with van der Waals surface area (Å²) in [7, 11) is 0. The third-order valence-electron chi connectivity index (χ3n) is 4.35. The van der Waals surface area contributed by atoms with Crippen molar-refractivity contribution < 1.29 is 14.3 Å². The zero-order valence-corrected chi connectivity index (χ0v) is 16.9. The van der Waals surface area contributed by atoms with Gasteiger partial charge in [-0.05, 0) is 31.4 Å². The molecule has 0 unspecified atom stereocenters. The van der Waals surface area contributed by atoms with Crippen molar-refractivity contribution >= 4 is 11.8 Å². The Balaban J connectivity index is 2.15. The standard InChI is InChI=1S/C23H30N2O3/c1-18(2)28-16-10-15-24-23(27)22(21-13-8-5-9-14-21)25(19(3)26)17-20-11-6-4-7-12-20/h4-9,11-14,18,22H,10,15-17H2,1-3H3,(H,24,27)/t22-/m0/s1. The summed E-state index contributed by atoms with van der Waals surface area (Å²) in [6, 6.07) is 18.5. The lowest BCUT2D eigenvalue weighted by atomic mass is 10.0. The predicted octanol–water partition coefficient (Wildman–Crippen LogP) is 3.71. The minimum atomic E-state index is -0.676. The van der Waals surface area contributed by atoms with E-state index in [9.17, 15) is 9.59 Å². The maximum absolute atomic E-state index is 13.0. The van der Waals surface area contributed by atoms with E-state index in [1.54, 1.807) is 4.90 Å². The normalized spacial score (nSPS) is 11.9. The fourth-order valence-corrected chi connectivity index (χ4v) is 2.97. The first-order valence-electron chi connectivity index (χ1n) is 9.74. The minimum absolute atomic E-state index is 0.143. The molecule has 2 rings (SSSR count). The van der Waals surface area contributed by atoms with E-state index < -0.39 is 6.04 Å². The van der Waals surface area contributed by atoms with Crippen molar-refractivity contribution in [2.24, 2.45) is 0 Å². The summed E-state index contributed by atoms with van der Waals surface area (Å²) in [6.45, 7) is 6.94. The van der Waals surface area contributed by atoms with Crippen LogP contribution in [0.2, 0.25) is 0 Å². The smallest absolute Gasteiger partial charge is 0.247 e. The number of hydrogen-bond donors (Lipinski definition) is 1. The molecule has 1 N–H and O–H groups in total. The van der Waals surface area contributed by atoms with E-state index in [0.29, 0.717) is 19.7 Å². The van der Waals surface area contributed by atoms with Crippen LogP contribution in [0.25, 0.3) is 0 Å². The van der Waals surface area contributed by atoms with Crippen LogP contribution in [-0.2, 0) is 20.9 Å². The number of nitrogens with zero attached hydrogens (tertiary/aromatic N) is 1. The summed E-state index contributed by atoms with van der Waals surface area (Å²) >= 11 is 0. The fraction of sp³-hybridized carbons (Fsp3) is 0.391. The van der Waals surface area contributed by atoms with Gasteiger partial charge in [-0.2, -0.15) is 0 Å². The van der Waals surface area contributed by atoms with E-state index in [4.69, 9.17) is 4.74 Å². The minimum Gasteiger partial charge on any atom is -0.379 e. The number of benzene rings is 2. The van der Waals surface area contributed by atoms with Gasteiger partial charge in [-0.3, -0.25) is 9.59 Å². The van der Waals surface area contributed by atoms with Gasteiger partial charge in [-0.1, -0.05) is 60.7 Å². The van der Waals surface area contributed by atoms with Crippen molar-refractivity contribution in [3.05, 3.63) is 71.8 Å². The molecule has 0 fully saturated rings. The highest BCUT2D eigenvalue weighted by molar-refractivity contribution is 5.88. The molecule has 0 saturated carbocycles. The number of rotatable bonds is 10. The van der Waals surface area contributed by atoms with Gasteiger partial charge in [0.1, 0.15) is 6.04 Å². The Hall–Kier alpha value is -2.66. The van der Waals surface area contributed by atoms with Crippen LogP contribution in [0.15, 0.2) is 60.7 Å². The molecule has 0 heterocycles. The highest BCUT2D eigenvalue weighted by Crippen LogP contribution is 2.23. The van der Waals surface area contributed by atoms with E-state index in [2.05, 4.69) is 5.32 Å². The van der Waals surface area contributed by atoms with Crippen LogP contribution >= 0.6 is 0 Å². The second-order valence-electron chi connectivity index (χ2n) is 7.01. The second-order valence-corrected chi connectivity index (χ2v) is 7.01. The first kappa shape index (κ1) is 21.6. The van der Waals surface area contributed by atoms with Crippen LogP contribution in [0.1, 0.15) is 44.4 Å². The van der Waals surface area contributed by atoms with Gasteiger partial charge in [0.25, 0.3) is 0 Å². The predicted molar refractivity (Wildman–Crippen MR) is 111 cm³/mol. The van der Waals surface area contributed by atoms with Gasteiger partial charge in [0.05, 0.1) is 6.10 Å². The second kappa shape index (κ2) is 11.2. The van der Waals surface area contributed by atoms with E-state index in [1.165, 1.54) is 6.92 Å². The lowest BCUT2D eigenvalue weighted by Gasteiger charge is -2.30. The number of carbonyl (C=O) groups excluding carboxylic acids is 2. The maximum atomic E-state index is 13.0. The monoisotopic (exact) mass is 382 g/mol. The van der Waals surface area contributed by atoms with Gasteiger partial charge in [-0.25, -0.2) is 0 Å². The Bertz CT molecular complexity index is 732. The Morgan fingerprint density at radius 1 is 1.00 bits per heavy atom. The molecule has 2 amide bonds. The molecule has 2 aromatic carbocycles. The van der Waals surface area contributed by atoms with Crippen LogP contribution < -0.4 is 5.32 Å². The molecule has 0 radical (unpaired) electrons. The molecular weight excluding hydrogens is 352 g/mol. The largest absolute Gasteiger partial charge is 0.379 e. The van der Waals surface area contributed by atoms with Gasteiger partial charge in [0.15, 0.2) is 0 Å². The quantitative estimate of drug-likeness (QED) is 0.637. The number of ether oxygens (including phenoxy) is 1. The molecule has 28 heavy (non-hydrogen) atoms. The lowest BCUT2D eigenvalue weighted by Crippen LogP contribution is -2.43. The van der Waals surface area contributed by atoms with Gasteiger partial charge >= 0.3 is 0 Å². The number of nitrogens with one attached hydrogen (secondary N) is 1. The molecule has 1 atom stereocenters. The van der Waals surface area contributed by atoms with E-state index in [1.807, 2.05) is 74.5 Å². The van der Waals surface area contributed by atoms with Crippen molar-refractivity contribution in [1.29, 1.82) is 0 Å². The van der Waals surface area contributed by atoms with E-state index >= 15 is 0 Å². The van der Waals surface area contributed by atoms with Gasteiger partial charge in [0.2, 0.25) is 11.8 Å². The van der Waals surface area contributed by atoms with Crippen molar-refractivity contribution in [3.63, 3.8) is 0 Å². The third kappa shape index (κ3) is 6.82. The maximum Gasteiger partial charge on any atom is 0.247 e. The van der Waals surface area contributed by atoms with Crippen molar-refractivity contribution in [1.82, 2.24) is 10.2 Å². The van der Waals surface area contributed by atoms with Crippen LogP contribution in [0.3, 0.4) is 0 Å². The zero-order chi connectivity index (χ0) is 20.4. The number of hydrogen-bond acceptors (Lipinski definition) is 3. The summed E-state index contributed by atoms with van der Waals surface area (Å²) in [6.07, 6.45) is 0.899. The van der Waals surface area contributed by atoms with Crippen molar-refractivity contribution in [2.45, 2.75) is 45.9 Å². The van der Waals surface area contributed by atoms with Crippen molar-refractivity contribution in [2.75, 3.05) is 13.2 Å². The first-order valence-corrected chi connectivity index (χ1v) is 9.74. The average Bonchev–Trinajstić information content (AvgIpc) is 2.68. The lowest BCUT2D eigenvalue weighted by molar-refractivity contribution is -0.140. The van der Waals surface area contributed by atoms with Crippen LogP contribution in [0.5, 0.6) is 0 Å².